The predicted octanol–water partition coefficient (Wildman–Crippen LogP) is 5.20. The Balaban J connectivity index is 1.91. The first-order valence-electron chi connectivity index (χ1n) is 11.6. The Labute approximate surface area is 227 Å². The van der Waals surface area contributed by atoms with E-state index in [1.807, 2.05) is 0 Å². The number of amides is 2. The number of aryl methyl sites for hydroxylation is 1. The van der Waals surface area contributed by atoms with Gasteiger partial charge in [0.2, 0.25) is 21.8 Å². The predicted molar refractivity (Wildman–Crippen MR) is 145 cm³/mol. The van der Waals surface area contributed by atoms with Crippen LogP contribution in [-0.4, -0.2) is 50.0 Å². The van der Waals surface area contributed by atoms with Gasteiger partial charge >= 0.3 is 0 Å². The summed E-state index contributed by atoms with van der Waals surface area (Å²) in [6.45, 7) is 2.97. The van der Waals surface area contributed by atoms with Crippen LogP contribution in [0.1, 0.15) is 43.7 Å². The third-order valence-electron chi connectivity index (χ3n) is 6.33. The van der Waals surface area contributed by atoms with E-state index in [-0.39, 0.29) is 24.2 Å². The molecule has 2 aromatic rings. The van der Waals surface area contributed by atoms with Gasteiger partial charge in [-0.25, -0.2) is 8.42 Å². The average Bonchev–Trinajstić information content (AvgIpc) is 3.31. The zero-order valence-electron chi connectivity index (χ0n) is 20.4. The first kappa shape index (κ1) is 28.6. The summed E-state index contributed by atoms with van der Waals surface area (Å²) in [6, 6.07) is 8.96. The molecule has 11 heteroatoms. The van der Waals surface area contributed by atoms with Gasteiger partial charge in [0.25, 0.3) is 0 Å². The summed E-state index contributed by atoms with van der Waals surface area (Å²) in [4.78, 5) is 28.1. The van der Waals surface area contributed by atoms with Crippen LogP contribution in [0.3, 0.4) is 0 Å². The highest BCUT2D eigenvalue weighted by Gasteiger charge is 2.31. The van der Waals surface area contributed by atoms with Crippen LogP contribution in [0.15, 0.2) is 36.4 Å². The van der Waals surface area contributed by atoms with Gasteiger partial charge in [0.1, 0.15) is 12.6 Å². The van der Waals surface area contributed by atoms with E-state index in [9.17, 15) is 18.0 Å². The van der Waals surface area contributed by atoms with Crippen LogP contribution < -0.4 is 9.62 Å². The van der Waals surface area contributed by atoms with E-state index < -0.39 is 28.5 Å². The number of sulfonamides is 1. The lowest BCUT2D eigenvalue weighted by atomic mass is 10.1. The van der Waals surface area contributed by atoms with Gasteiger partial charge in [-0.15, -0.1) is 0 Å². The molecule has 0 aromatic heterocycles. The Hall–Kier alpha value is -2.00. The van der Waals surface area contributed by atoms with Crippen molar-refractivity contribution in [3.63, 3.8) is 0 Å². The minimum Gasteiger partial charge on any atom is -0.352 e. The van der Waals surface area contributed by atoms with Crippen LogP contribution in [0.4, 0.5) is 5.69 Å². The summed E-state index contributed by atoms with van der Waals surface area (Å²) < 4.78 is 26.3. The summed E-state index contributed by atoms with van der Waals surface area (Å²) in [5, 5.41) is 4.08. The lowest BCUT2D eigenvalue weighted by Crippen LogP contribution is -2.52. The number of carbonyl (C=O) groups excluding carboxylic acids is 2. The van der Waals surface area contributed by atoms with Crippen LogP contribution in [0, 0.1) is 6.92 Å². The van der Waals surface area contributed by atoms with Crippen molar-refractivity contribution >= 4 is 62.3 Å². The molecule has 2 amide bonds. The molecule has 0 spiro atoms. The highest BCUT2D eigenvalue weighted by Crippen LogP contribution is 2.27. The molecular weight excluding hydrogens is 545 g/mol. The van der Waals surface area contributed by atoms with E-state index in [4.69, 9.17) is 34.8 Å². The molecule has 0 unspecified atom stereocenters. The lowest BCUT2D eigenvalue weighted by molar-refractivity contribution is -0.139. The van der Waals surface area contributed by atoms with E-state index in [1.165, 1.54) is 11.0 Å². The standard InChI is InChI=1S/C25H30Cl3N3O4S/c1-16-8-10-20(13-22(16)27)31(36(3,34)35)15-24(32)30(14-18-9-11-21(26)23(28)12-18)17(2)25(33)29-19-6-4-5-7-19/h8-13,17,19H,4-7,14-15H2,1-3H3,(H,29,33)/t17-/m1/s1. The van der Waals surface area contributed by atoms with Gasteiger partial charge in [-0.2, -0.15) is 0 Å². The molecule has 0 radical (unpaired) electrons. The summed E-state index contributed by atoms with van der Waals surface area (Å²) in [5.74, 6) is -0.836. The molecular formula is C25H30Cl3N3O4S. The van der Waals surface area contributed by atoms with Gasteiger partial charge in [0.05, 0.1) is 22.0 Å². The van der Waals surface area contributed by atoms with Crippen molar-refractivity contribution in [1.29, 1.82) is 0 Å². The molecule has 2 aromatic carbocycles. The fourth-order valence-corrected chi connectivity index (χ4v) is 5.50. The van der Waals surface area contributed by atoms with E-state index in [0.717, 1.165) is 41.8 Å². The molecule has 7 nitrogen and oxygen atoms in total. The van der Waals surface area contributed by atoms with Crippen molar-refractivity contribution in [2.45, 2.75) is 58.2 Å². The molecule has 0 aliphatic heterocycles. The minimum atomic E-state index is -3.84. The summed E-state index contributed by atoms with van der Waals surface area (Å²) in [5.41, 5.74) is 1.69. The summed E-state index contributed by atoms with van der Waals surface area (Å²) in [6.07, 6.45) is 4.92. The number of benzene rings is 2. The zero-order chi connectivity index (χ0) is 26.6. The Morgan fingerprint density at radius 2 is 1.69 bits per heavy atom. The van der Waals surface area contributed by atoms with Gasteiger partial charge in [-0.05, 0) is 62.1 Å². The summed E-state index contributed by atoms with van der Waals surface area (Å²) >= 11 is 18.4. The van der Waals surface area contributed by atoms with Crippen molar-refractivity contribution in [2.75, 3.05) is 17.1 Å². The second-order valence-electron chi connectivity index (χ2n) is 9.14. The van der Waals surface area contributed by atoms with Crippen molar-refractivity contribution in [1.82, 2.24) is 10.2 Å². The molecule has 1 saturated carbocycles. The average molecular weight is 575 g/mol. The van der Waals surface area contributed by atoms with Crippen LogP contribution >= 0.6 is 34.8 Å². The number of carbonyl (C=O) groups is 2. The van der Waals surface area contributed by atoms with Crippen LogP contribution in [0.5, 0.6) is 0 Å². The SMILES string of the molecule is Cc1ccc(N(CC(=O)N(Cc2ccc(Cl)c(Cl)c2)[C@H](C)C(=O)NC2CCCC2)S(C)(=O)=O)cc1Cl. The molecule has 0 heterocycles. The van der Waals surface area contributed by atoms with E-state index >= 15 is 0 Å². The van der Waals surface area contributed by atoms with Crippen molar-refractivity contribution in [3.8, 4) is 0 Å². The molecule has 1 fully saturated rings. The molecule has 3 rings (SSSR count). The largest absolute Gasteiger partial charge is 0.352 e. The highest BCUT2D eigenvalue weighted by molar-refractivity contribution is 7.92. The highest BCUT2D eigenvalue weighted by atomic mass is 35.5. The molecule has 196 valence electrons. The second kappa shape index (κ2) is 12.0. The molecule has 1 N–H and O–H groups in total. The number of anilines is 1. The molecule has 1 aliphatic rings. The fourth-order valence-electron chi connectivity index (χ4n) is 4.16. The van der Waals surface area contributed by atoms with Gasteiger partial charge in [0.15, 0.2) is 0 Å². The number of rotatable bonds is 9. The van der Waals surface area contributed by atoms with Crippen molar-refractivity contribution in [2.24, 2.45) is 0 Å². The Bertz CT molecular complexity index is 1230. The Morgan fingerprint density at radius 3 is 2.28 bits per heavy atom. The normalized spacial score (nSPS) is 14.9. The first-order valence-corrected chi connectivity index (χ1v) is 14.6. The van der Waals surface area contributed by atoms with Crippen molar-refractivity contribution < 1.29 is 18.0 Å². The maximum atomic E-state index is 13.6. The Kier molecular flexibility index (Phi) is 9.55. The van der Waals surface area contributed by atoms with Crippen molar-refractivity contribution in [3.05, 3.63) is 62.6 Å². The zero-order valence-corrected chi connectivity index (χ0v) is 23.5. The smallest absolute Gasteiger partial charge is 0.244 e. The molecule has 0 saturated heterocycles. The molecule has 36 heavy (non-hydrogen) atoms. The maximum Gasteiger partial charge on any atom is 0.244 e. The van der Waals surface area contributed by atoms with Crippen LogP contribution in [-0.2, 0) is 26.2 Å². The molecule has 1 aliphatic carbocycles. The van der Waals surface area contributed by atoms with Crippen LogP contribution in [0.2, 0.25) is 15.1 Å². The lowest BCUT2D eigenvalue weighted by Gasteiger charge is -2.32. The Morgan fingerprint density at radius 1 is 1.03 bits per heavy atom. The van der Waals surface area contributed by atoms with E-state index in [2.05, 4.69) is 5.32 Å². The number of nitrogens with one attached hydrogen (secondary N) is 1. The minimum absolute atomic E-state index is 0.0429. The second-order valence-corrected chi connectivity index (χ2v) is 12.3. The maximum absolute atomic E-state index is 13.6. The molecule has 0 bridgehead atoms. The van der Waals surface area contributed by atoms with Gasteiger partial charge in [-0.1, -0.05) is 59.8 Å². The number of halogens is 3. The number of nitrogens with zero attached hydrogens (tertiary/aromatic N) is 2. The third-order valence-corrected chi connectivity index (χ3v) is 8.62. The van der Waals surface area contributed by atoms with E-state index in [0.29, 0.717) is 20.6 Å². The topological polar surface area (TPSA) is 86.8 Å². The van der Waals surface area contributed by atoms with E-state index in [1.54, 1.807) is 44.2 Å². The molecule has 1 atom stereocenters. The van der Waals surface area contributed by atoms with Crippen LogP contribution in [0.25, 0.3) is 0 Å². The first-order chi connectivity index (χ1) is 16.9. The number of hydrogen-bond acceptors (Lipinski definition) is 4. The third kappa shape index (κ3) is 7.28. The van der Waals surface area contributed by atoms with Gasteiger partial charge < -0.3 is 10.2 Å². The quantitative estimate of drug-likeness (QED) is 0.446. The fraction of sp³-hybridized carbons (Fsp3) is 0.440. The summed E-state index contributed by atoms with van der Waals surface area (Å²) in [7, 11) is -3.84. The number of hydrogen-bond donors (Lipinski definition) is 1. The monoisotopic (exact) mass is 573 g/mol. The van der Waals surface area contributed by atoms with Gasteiger partial charge in [0, 0.05) is 17.6 Å². The van der Waals surface area contributed by atoms with Gasteiger partial charge in [-0.3, -0.25) is 13.9 Å².